The number of hydrogen-bond acceptors (Lipinski definition) is 4. The fraction of sp³-hybridized carbons (Fsp3) is 0.500. The van der Waals surface area contributed by atoms with E-state index in [1.165, 1.54) is 0 Å². The smallest absolute Gasteiger partial charge is 0.265 e. The number of piperidine rings is 1. The van der Waals surface area contributed by atoms with Crippen LogP contribution in [0.25, 0.3) is 0 Å². The van der Waals surface area contributed by atoms with E-state index < -0.39 is 11.7 Å². The second-order valence-corrected chi connectivity index (χ2v) is 5.27. The Morgan fingerprint density at radius 1 is 1.47 bits per heavy atom. The lowest BCUT2D eigenvalue weighted by Crippen LogP contribution is -2.43. The number of carbonyl (C=O) groups is 1. The van der Waals surface area contributed by atoms with Gasteiger partial charge in [-0.3, -0.25) is 4.79 Å². The minimum atomic E-state index is -0.860. The van der Waals surface area contributed by atoms with Crippen molar-refractivity contribution >= 4 is 11.6 Å². The Morgan fingerprint density at radius 3 is 3.05 bits per heavy atom. The molecule has 0 aliphatic carbocycles. The summed E-state index contributed by atoms with van der Waals surface area (Å²) in [6, 6.07) is 5.50. The van der Waals surface area contributed by atoms with Crippen molar-refractivity contribution in [2.24, 2.45) is 0 Å². The minimum Gasteiger partial charge on any atom is -0.479 e. The van der Waals surface area contributed by atoms with Gasteiger partial charge in [0.2, 0.25) is 0 Å². The number of benzene rings is 1. The fourth-order valence-electron chi connectivity index (χ4n) is 2.63. The summed E-state index contributed by atoms with van der Waals surface area (Å²) < 4.78 is 5.51. The Morgan fingerprint density at radius 2 is 2.32 bits per heavy atom. The number of rotatable bonds is 1. The highest BCUT2D eigenvalue weighted by atomic mass is 16.5. The maximum absolute atomic E-state index is 11.6. The van der Waals surface area contributed by atoms with Crippen molar-refractivity contribution in [3.8, 4) is 5.75 Å². The van der Waals surface area contributed by atoms with Gasteiger partial charge in [-0.05, 0) is 44.0 Å². The molecule has 19 heavy (non-hydrogen) atoms. The topological polar surface area (TPSA) is 70.6 Å². The summed E-state index contributed by atoms with van der Waals surface area (Å²) in [5.41, 5.74) is 0.595. The van der Waals surface area contributed by atoms with E-state index in [0.29, 0.717) is 18.0 Å². The molecule has 3 rings (SSSR count). The van der Waals surface area contributed by atoms with Crippen LogP contribution in [0.3, 0.4) is 0 Å². The molecule has 2 aliphatic rings. The molecule has 2 atom stereocenters. The molecule has 1 aromatic rings. The summed E-state index contributed by atoms with van der Waals surface area (Å²) in [5.74, 6) is 0.502. The standard InChI is InChI=1S/C14H18N2O3/c1-9-13(17)16-11-7-10(3-4-12(11)19-9)14(18)5-2-6-15-8-14/h3-4,7,9,15,18H,2,5-6,8H2,1H3,(H,16,17). The van der Waals surface area contributed by atoms with Gasteiger partial charge in [0.15, 0.2) is 6.10 Å². The van der Waals surface area contributed by atoms with Crippen LogP contribution < -0.4 is 15.4 Å². The zero-order valence-corrected chi connectivity index (χ0v) is 10.9. The van der Waals surface area contributed by atoms with Crippen molar-refractivity contribution in [3.63, 3.8) is 0 Å². The summed E-state index contributed by atoms with van der Waals surface area (Å²) in [6.07, 6.45) is 1.19. The molecule has 2 unspecified atom stereocenters. The van der Waals surface area contributed by atoms with Crippen LogP contribution in [0.1, 0.15) is 25.3 Å². The Hall–Kier alpha value is -1.59. The maximum Gasteiger partial charge on any atom is 0.265 e. The van der Waals surface area contributed by atoms with Crippen LogP contribution in [-0.4, -0.2) is 30.2 Å². The first-order chi connectivity index (χ1) is 9.08. The normalized spacial score (nSPS) is 30.2. The Balaban J connectivity index is 1.93. The van der Waals surface area contributed by atoms with Crippen LogP contribution in [0, 0.1) is 0 Å². The largest absolute Gasteiger partial charge is 0.479 e. The van der Waals surface area contributed by atoms with Gasteiger partial charge >= 0.3 is 0 Å². The van der Waals surface area contributed by atoms with E-state index in [1.807, 2.05) is 18.2 Å². The molecular weight excluding hydrogens is 244 g/mol. The van der Waals surface area contributed by atoms with Crippen LogP contribution in [0.2, 0.25) is 0 Å². The van der Waals surface area contributed by atoms with Crippen LogP contribution in [-0.2, 0) is 10.4 Å². The summed E-state index contributed by atoms with van der Waals surface area (Å²) in [7, 11) is 0. The van der Waals surface area contributed by atoms with E-state index >= 15 is 0 Å². The number of carbonyl (C=O) groups excluding carboxylic acids is 1. The number of nitrogens with one attached hydrogen (secondary N) is 2. The van der Waals surface area contributed by atoms with Crippen LogP contribution in [0.5, 0.6) is 5.75 Å². The first-order valence-corrected chi connectivity index (χ1v) is 6.64. The predicted octanol–water partition coefficient (Wildman–Crippen LogP) is 0.977. The molecule has 5 heteroatoms. The average Bonchev–Trinajstić information content (AvgIpc) is 2.40. The average molecular weight is 262 g/mol. The quantitative estimate of drug-likeness (QED) is 0.705. The third-order valence-corrected chi connectivity index (χ3v) is 3.81. The van der Waals surface area contributed by atoms with Gasteiger partial charge in [0.05, 0.1) is 5.69 Å². The number of amides is 1. The van der Waals surface area contributed by atoms with E-state index in [-0.39, 0.29) is 5.91 Å². The van der Waals surface area contributed by atoms with Crippen LogP contribution in [0.4, 0.5) is 5.69 Å². The van der Waals surface area contributed by atoms with Gasteiger partial charge in [0, 0.05) is 6.54 Å². The summed E-state index contributed by atoms with van der Waals surface area (Å²) in [5, 5.41) is 16.7. The summed E-state index contributed by atoms with van der Waals surface area (Å²) >= 11 is 0. The molecule has 0 bridgehead atoms. The molecule has 1 amide bonds. The van der Waals surface area contributed by atoms with Gasteiger partial charge in [-0.25, -0.2) is 0 Å². The Kier molecular flexibility index (Phi) is 2.95. The lowest BCUT2D eigenvalue weighted by atomic mass is 9.86. The number of anilines is 1. The highest BCUT2D eigenvalue weighted by molar-refractivity contribution is 5.97. The first kappa shape index (κ1) is 12.4. The molecule has 0 aromatic heterocycles. The van der Waals surface area contributed by atoms with Crippen LogP contribution in [0.15, 0.2) is 18.2 Å². The Labute approximate surface area is 112 Å². The number of hydrogen-bond donors (Lipinski definition) is 3. The third kappa shape index (κ3) is 2.19. The zero-order chi connectivity index (χ0) is 13.5. The van der Waals surface area contributed by atoms with E-state index in [0.717, 1.165) is 24.9 Å². The molecule has 2 heterocycles. The molecule has 3 N–H and O–H groups in total. The SMILES string of the molecule is CC1Oc2ccc(C3(O)CCCNC3)cc2NC1=O. The number of fused-ring (bicyclic) bond motifs is 1. The number of ether oxygens (including phenoxy) is 1. The number of β-amino-alcohol motifs (C(OH)–C–C–N with tert-alkyl or cyclic N) is 1. The second-order valence-electron chi connectivity index (χ2n) is 5.27. The lowest BCUT2D eigenvalue weighted by Gasteiger charge is -2.34. The molecule has 0 radical (unpaired) electrons. The molecule has 5 nitrogen and oxygen atoms in total. The summed E-state index contributed by atoms with van der Waals surface area (Å²) in [4.78, 5) is 11.6. The maximum atomic E-state index is 11.6. The molecule has 1 fully saturated rings. The molecule has 1 saturated heterocycles. The van der Waals surface area contributed by atoms with Gasteiger partial charge in [-0.2, -0.15) is 0 Å². The van der Waals surface area contributed by atoms with Crippen molar-refractivity contribution in [1.29, 1.82) is 0 Å². The zero-order valence-electron chi connectivity index (χ0n) is 10.9. The monoisotopic (exact) mass is 262 g/mol. The predicted molar refractivity (Wildman–Crippen MR) is 71.2 cm³/mol. The lowest BCUT2D eigenvalue weighted by molar-refractivity contribution is -0.122. The van der Waals surface area contributed by atoms with Crippen molar-refractivity contribution in [3.05, 3.63) is 23.8 Å². The van der Waals surface area contributed by atoms with Crippen LogP contribution >= 0.6 is 0 Å². The highest BCUT2D eigenvalue weighted by Crippen LogP contribution is 2.36. The van der Waals surface area contributed by atoms with Crippen molar-refractivity contribution in [2.75, 3.05) is 18.4 Å². The van der Waals surface area contributed by atoms with Crippen molar-refractivity contribution in [2.45, 2.75) is 31.5 Å². The van der Waals surface area contributed by atoms with E-state index in [1.54, 1.807) is 6.92 Å². The molecule has 0 saturated carbocycles. The van der Waals surface area contributed by atoms with Crippen molar-refractivity contribution < 1.29 is 14.6 Å². The minimum absolute atomic E-state index is 0.154. The van der Waals surface area contributed by atoms with Crippen molar-refractivity contribution in [1.82, 2.24) is 5.32 Å². The van der Waals surface area contributed by atoms with E-state index in [4.69, 9.17) is 4.74 Å². The molecule has 102 valence electrons. The first-order valence-electron chi connectivity index (χ1n) is 6.64. The van der Waals surface area contributed by atoms with Gasteiger partial charge in [0.25, 0.3) is 5.91 Å². The summed E-state index contributed by atoms with van der Waals surface area (Å²) in [6.45, 7) is 3.19. The molecule has 0 spiro atoms. The van der Waals surface area contributed by atoms with Gasteiger partial charge in [0.1, 0.15) is 11.4 Å². The van der Waals surface area contributed by atoms with E-state index in [9.17, 15) is 9.90 Å². The second kappa shape index (κ2) is 4.51. The molecule has 1 aromatic carbocycles. The third-order valence-electron chi connectivity index (χ3n) is 3.81. The van der Waals surface area contributed by atoms with Gasteiger partial charge in [-0.1, -0.05) is 6.07 Å². The highest BCUT2D eigenvalue weighted by Gasteiger charge is 2.33. The van der Waals surface area contributed by atoms with Gasteiger partial charge in [-0.15, -0.1) is 0 Å². The Bertz CT molecular complexity index is 509. The fourth-order valence-corrected chi connectivity index (χ4v) is 2.63. The van der Waals surface area contributed by atoms with Gasteiger partial charge < -0.3 is 20.5 Å². The van der Waals surface area contributed by atoms with E-state index in [2.05, 4.69) is 10.6 Å². The molecular formula is C14H18N2O3. The molecule has 2 aliphatic heterocycles. The number of aliphatic hydroxyl groups is 1.